The van der Waals surface area contributed by atoms with Crippen molar-refractivity contribution in [3.63, 3.8) is 0 Å². The van der Waals surface area contributed by atoms with Gasteiger partial charge in [0.2, 0.25) is 5.91 Å². The predicted molar refractivity (Wildman–Crippen MR) is 134 cm³/mol. The number of nitrogens with one attached hydrogen (secondary N) is 1. The van der Waals surface area contributed by atoms with Crippen LogP contribution in [-0.2, 0) is 21.7 Å². The molecule has 2 atom stereocenters. The molecule has 0 saturated carbocycles. The minimum atomic E-state index is -0.843. The first-order valence-corrected chi connectivity index (χ1v) is 11.8. The molecule has 11 nitrogen and oxygen atoms in total. The van der Waals surface area contributed by atoms with E-state index in [1.165, 1.54) is 24.1 Å². The first-order valence-electron chi connectivity index (χ1n) is 11.8. The quantitative estimate of drug-likeness (QED) is 0.270. The van der Waals surface area contributed by atoms with Crippen LogP contribution in [0.15, 0.2) is 61.3 Å². The van der Waals surface area contributed by atoms with Crippen molar-refractivity contribution in [3.05, 3.63) is 82.8 Å². The summed E-state index contributed by atoms with van der Waals surface area (Å²) in [5, 5.41) is 13.6. The standard InChI is InChI=1S/C26H24FN5O6/c1-3-10-26(15-30-14-23(32(35)36)29-24(30)38-26)18-6-4-17(5-7-18)21-9-8-19(11-22(21)27)31-13-20(37-25(31)34)12-28-16(2)33/h3-9,11,14,20H,1,10,12-13,15H2,2H3,(H,28,33). The summed E-state index contributed by atoms with van der Waals surface area (Å²) in [6, 6.07) is 11.8. The van der Waals surface area contributed by atoms with Crippen LogP contribution in [0.5, 0.6) is 6.01 Å². The molecule has 2 unspecified atom stereocenters. The van der Waals surface area contributed by atoms with Crippen LogP contribution in [0.25, 0.3) is 11.1 Å². The van der Waals surface area contributed by atoms with Gasteiger partial charge in [-0.3, -0.25) is 14.3 Å². The fourth-order valence-corrected chi connectivity index (χ4v) is 4.71. The van der Waals surface area contributed by atoms with Crippen molar-refractivity contribution in [2.45, 2.75) is 31.6 Å². The van der Waals surface area contributed by atoms with E-state index in [0.29, 0.717) is 29.8 Å². The summed E-state index contributed by atoms with van der Waals surface area (Å²) in [5.41, 5.74) is 1.26. The number of aromatic nitrogens is 2. The molecule has 38 heavy (non-hydrogen) atoms. The van der Waals surface area contributed by atoms with E-state index in [-0.39, 0.29) is 30.8 Å². The van der Waals surface area contributed by atoms with Crippen molar-refractivity contribution in [3.8, 4) is 17.1 Å². The normalized spacial score (nSPS) is 20.0. The second-order valence-corrected chi connectivity index (χ2v) is 9.15. The molecule has 2 amide bonds. The zero-order valence-electron chi connectivity index (χ0n) is 20.4. The van der Waals surface area contributed by atoms with Gasteiger partial charge in [0.25, 0.3) is 0 Å². The van der Waals surface area contributed by atoms with E-state index in [9.17, 15) is 19.7 Å². The second kappa shape index (κ2) is 9.61. The highest BCUT2D eigenvalue weighted by molar-refractivity contribution is 5.90. The molecule has 0 aliphatic carbocycles. The van der Waals surface area contributed by atoms with Gasteiger partial charge in [0, 0.05) is 23.9 Å². The minimum Gasteiger partial charge on any atom is -0.442 e. The second-order valence-electron chi connectivity index (χ2n) is 9.15. The molecular formula is C26H24FN5O6. The molecule has 5 rings (SSSR count). The number of anilines is 1. The van der Waals surface area contributed by atoms with Gasteiger partial charge in [0.1, 0.15) is 18.1 Å². The number of hydrogen-bond donors (Lipinski definition) is 1. The molecule has 1 N–H and O–H groups in total. The molecule has 2 aromatic carbocycles. The SMILES string of the molecule is C=CCC1(c2ccc(-c3ccc(N4CC(CNC(C)=O)OC4=O)cc3F)cc2)Cn2cc([N+](=O)[O-])nc2O1. The number of carbonyl (C=O) groups is 2. The fraction of sp³-hybridized carbons (Fsp3) is 0.269. The number of halogens is 1. The minimum absolute atomic E-state index is 0.156. The number of benzene rings is 2. The highest BCUT2D eigenvalue weighted by Gasteiger charge is 2.44. The van der Waals surface area contributed by atoms with E-state index in [1.807, 2.05) is 12.1 Å². The highest BCUT2D eigenvalue weighted by atomic mass is 19.1. The summed E-state index contributed by atoms with van der Waals surface area (Å²) in [5.74, 6) is -1.03. The summed E-state index contributed by atoms with van der Waals surface area (Å²) in [7, 11) is 0. The number of cyclic esters (lactones) is 1. The van der Waals surface area contributed by atoms with E-state index in [2.05, 4.69) is 16.9 Å². The van der Waals surface area contributed by atoms with Gasteiger partial charge in [-0.05, 0) is 34.2 Å². The molecule has 3 heterocycles. The molecule has 12 heteroatoms. The van der Waals surface area contributed by atoms with Gasteiger partial charge in [0.05, 0.1) is 25.3 Å². The Labute approximate surface area is 216 Å². The van der Waals surface area contributed by atoms with Crippen LogP contribution in [0.1, 0.15) is 18.9 Å². The number of nitrogens with zero attached hydrogens (tertiary/aromatic N) is 4. The third-order valence-corrected chi connectivity index (χ3v) is 6.54. The van der Waals surface area contributed by atoms with Gasteiger partial charge in [0.15, 0.2) is 5.60 Å². The molecule has 1 fully saturated rings. The molecular weight excluding hydrogens is 497 g/mol. The van der Waals surface area contributed by atoms with Gasteiger partial charge in [-0.1, -0.05) is 30.3 Å². The summed E-state index contributed by atoms with van der Waals surface area (Å²) in [6.07, 6.45) is 2.35. The van der Waals surface area contributed by atoms with Crippen molar-refractivity contribution in [2.24, 2.45) is 0 Å². The van der Waals surface area contributed by atoms with Crippen molar-refractivity contribution in [1.82, 2.24) is 14.9 Å². The number of fused-ring (bicyclic) bond motifs is 1. The number of rotatable bonds is 8. The lowest BCUT2D eigenvalue weighted by Gasteiger charge is -2.26. The topological polar surface area (TPSA) is 129 Å². The maximum Gasteiger partial charge on any atom is 0.415 e. The number of carbonyl (C=O) groups excluding carboxylic acids is 2. The third kappa shape index (κ3) is 4.56. The lowest BCUT2D eigenvalue weighted by molar-refractivity contribution is -0.389. The van der Waals surface area contributed by atoms with Crippen molar-refractivity contribution >= 4 is 23.5 Å². The van der Waals surface area contributed by atoms with Crippen LogP contribution in [0.3, 0.4) is 0 Å². The van der Waals surface area contributed by atoms with E-state index in [0.717, 1.165) is 5.56 Å². The van der Waals surface area contributed by atoms with Crippen molar-refractivity contribution in [2.75, 3.05) is 18.0 Å². The molecule has 0 bridgehead atoms. The molecule has 0 spiro atoms. The van der Waals surface area contributed by atoms with Crippen LogP contribution in [0.2, 0.25) is 0 Å². The Bertz CT molecular complexity index is 1410. The summed E-state index contributed by atoms with van der Waals surface area (Å²) >= 11 is 0. The van der Waals surface area contributed by atoms with Crippen LogP contribution >= 0.6 is 0 Å². The van der Waals surface area contributed by atoms with Crippen molar-refractivity contribution < 1.29 is 28.4 Å². The lowest BCUT2D eigenvalue weighted by Crippen LogP contribution is -2.33. The van der Waals surface area contributed by atoms with Crippen LogP contribution in [0, 0.1) is 15.9 Å². The molecule has 2 aliphatic heterocycles. The Balaban J connectivity index is 1.34. The number of hydrogen-bond acceptors (Lipinski definition) is 7. The fourth-order valence-electron chi connectivity index (χ4n) is 4.71. The molecule has 1 saturated heterocycles. The number of nitro groups is 1. The average molecular weight is 522 g/mol. The van der Waals surface area contributed by atoms with Gasteiger partial charge in [-0.2, -0.15) is 0 Å². The summed E-state index contributed by atoms with van der Waals surface area (Å²) in [6.45, 7) is 5.87. The Morgan fingerprint density at radius 1 is 1.34 bits per heavy atom. The van der Waals surface area contributed by atoms with E-state index < -0.39 is 28.5 Å². The van der Waals surface area contributed by atoms with Crippen LogP contribution in [0.4, 0.5) is 20.7 Å². The highest BCUT2D eigenvalue weighted by Crippen LogP contribution is 2.41. The van der Waals surface area contributed by atoms with E-state index >= 15 is 4.39 Å². The van der Waals surface area contributed by atoms with Gasteiger partial charge in [-0.25, -0.2) is 9.18 Å². The molecule has 1 aromatic heterocycles. The Kier molecular flexibility index (Phi) is 6.31. The Morgan fingerprint density at radius 2 is 2.11 bits per heavy atom. The van der Waals surface area contributed by atoms with Crippen LogP contribution < -0.4 is 15.0 Å². The van der Waals surface area contributed by atoms with E-state index in [1.54, 1.807) is 34.9 Å². The number of imidazole rings is 1. The zero-order valence-corrected chi connectivity index (χ0v) is 20.4. The Hall–Kier alpha value is -4.74. The molecule has 196 valence electrons. The van der Waals surface area contributed by atoms with Gasteiger partial charge < -0.3 is 24.9 Å². The Morgan fingerprint density at radius 3 is 2.74 bits per heavy atom. The zero-order chi connectivity index (χ0) is 27.0. The lowest BCUT2D eigenvalue weighted by atomic mass is 9.89. The maximum absolute atomic E-state index is 15.2. The average Bonchev–Trinajstić information content (AvgIpc) is 3.55. The summed E-state index contributed by atoms with van der Waals surface area (Å²) in [4.78, 5) is 39.1. The molecule has 3 aromatic rings. The number of ether oxygens (including phenoxy) is 2. The molecule has 2 aliphatic rings. The van der Waals surface area contributed by atoms with Gasteiger partial charge in [-0.15, -0.1) is 6.58 Å². The molecule has 0 radical (unpaired) electrons. The number of amides is 2. The third-order valence-electron chi connectivity index (χ3n) is 6.54. The van der Waals surface area contributed by atoms with Crippen LogP contribution in [-0.4, -0.2) is 45.7 Å². The predicted octanol–water partition coefficient (Wildman–Crippen LogP) is 3.92. The van der Waals surface area contributed by atoms with E-state index in [4.69, 9.17) is 9.47 Å². The largest absolute Gasteiger partial charge is 0.442 e. The first-order chi connectivity index (χ1) is 18.2. The monoisotopic (exact) mass is 521 g/mol. The smallest absolute Gasteiger partial charge is 0.415 e. The van der Waals surface area contributed by atoms with Gasteiger partial charge >= 0.3 is 17.9 Å². The maximum atomic E-state index is 15.2. The van der Waals surface area contributed by atoms with Crippen molar-refractivity contribution in [1.29, 1.82) is 0 Å². The first kappa shape index (κ1) is 24.9. The summed E-state index contributed by atoms with van der Waals surface area (Å²) < 4.78 is 28.1.